The van der Waals surface area contributed by atoms with Crippen LogP contribution in [0.15, 0.2) is 22.2 Å². The van der Waals surface area contributed by atoms with Gasteiger partial charge in [0.05, 0.1) is 0 Å². The van der Waals surface area contributed by atoms with Gasteiger partial charge in [-0.15, -0.1) is 0 Å². The molecule has 1 aliphatic carbocycles. The lowest BCUT2D eigenvalue weighted by Gasteiger charge is -2.37. The van der Waals surface area contributed by atoms with Crippen LogP contribution in [-0.4, -0.2) is 28.3 Å². The first-order chi connectivity index (χ1) is 9.10. The molecule has 1 heterocycles. The monoisotopic (exact) mass is 281 g/mol. The maximum absolute atomic E-state index is 11.3. The first kappa shape index (κ1) is 14.6. The summed E-state index contributed by atoms with van der Waals surface area (Å²) in [4.78, 5) is 18.4. The zero-order valence-corrected chi connectivity index (χ0v) is 12.7. The summed E-state index contributed by atoms with van der Waals surface area (Å²) < 4.78 is 0. The van der Waals surface area contributed by atoms with Gasteiger partial charge in [0.2, 0.25) is 0 Å². The molecule has 4 nitrogen and oxygen atoms in total. The molecule has 0 saturated heterocycles. The van der Waals surface area contributed by atoms with Crippen molar-refractivity contribution in [1.29, 1.82) is 0 Å². The molecule has 106 valence electrons. The number of nitrogens with zero attached hydrogens (tertiary/aromatic N) is 1. The molecule has 19 heavy (non-hydrogen) atoms. The normalized spacial score (nSPS) is 27.7. The molecule has 1 saturated carbocycles. The van der Waals surface area contributed by atoms with E-state index in [9.17, 15) is 4.79 Å². The van der Waals surface area contributed by atoms with Gasteiger partial charge in [0.15, 0.2) is 5.16 Å². The minimum atomic E-state index is -0.0743. The molecule has 1 aromatic heterocycles. The SMILES string of the molecule is CNC1CCC(C(C)C)CC1Sc1nccc(=O)[nH]1. The topological polar surface area (TPSA) is 57.8 Å². The van der Waals surface area contributed by atoms with Crippen LogP contribution >= 0.6 is 11.8 Å². The average molecular weight is 281 g/mol. The van der Waals surface area contributed by atoms with Crippen molar-refractivity contribution in [2.24, 2.45) is 11.8 Å². The van der Waals surface area contributed by atoms with Crippen LogP contribution in [0.3, 0.4) is 0 Å². The number of aromatic amines is 1. The van der Waals surface area contributed by atoms with Crippen LogP contribution in [0.25, 0.3) is 0 Å². The molecule has 2 rings (SSSR count). The van der Waals surface area contributed by atoms with Crippen LogP contribution in [-0.2, 0) is 0 Å². The van der Waals surface area contributed by atoms with E-state index in [4.69, 9.17) is 0 Å². The van der Waals surface area contributed by atoms with E-state index < -0.39 is 0 Å². The molecule has 3 unspecified atom stereocenters. The van der Waals surface area contributed by atoms with Gasteiger partial charge in [-0.2, -0.15) is 0 Å². The van der Waals surface area contributed by atoms with Crippen molar-refractivity contribution in [3.63, 3.8) is 0 Å². The van der Waals surface area contributed by atoms with Crippen LogP contribution in [0.1, 0.15) is 33.1 Å². The molecule has 1 fully saturated rings. The van der Waals surface area contributed by atoms with Gasteiger partial charge in [0.25, 0.3) is 5.56 Å². The summed E-state index contributed by atoms with van der Waals surface area (Å²) in [5.41, 5.74) is -0.0743. The Labute approximate surface area is 118 Å². The highest BCUT2D eigenvalue weighted by molar-refractivity contribution is 7.99. The second kappa shape index (κ2) is 6.57. The summed E-state index contributed by atoms with van der Waals surface area (Å²) in [6.45, 7) is 4.60. The van der Waals surface area contributed by atoms with E-state index in [2.05, 4.69) is 29.1 Å². The van der Waals surface area contributed by atoms with E-state index in [0.29, 0.717) is 11.3 Å². The van der Waals surface area contributed by atoms with Crippen molar-refractivity contribution in [3.8, 4) is 0 Å². The zero-order chi connectivity index (χ0) is 13.8. The Hall–Kier alpha value is -0.810. The van der Waals surface area contributed by atoms with E-state index in [0.717, 1.165) is 17.0 Å². The number of aromatic nitrogens is 2. The zero-order valence-electron chi connectivity index (χ0n) is 11.8. The summed E-state index contributed by atoms with van der Waals surface area (Å²) in [5.74, 6) is 1.50. The van der Waals surface area contributed by atoms with Gasteiger partial charge in [-0.25, -0.2) is 4.98 Å². The second-order valence-corrected chi connectivity index (χ2v) is 6.84. The summed E-state index contributed by atoms with van der Waals surface area (Å²) in [6.07, 6.45) is 5.26. The average Bonchev–Trinajstić information content (AvgIpc) is 2.38. The first-order valence-electron chi connectivity index (χ1n) is 6.99. The molecule has 1 aliphatic rings. The van der Waals surface area contributed by atoms with Crippen LogP contribution in [0.5, 0.6) is 0 Å². The predicted molar refractivity (Wildman–Crippen MR) is 79.5 cm³/mol. The third kappa shape index (κ3) is 3.83. The van der Waals surface area contributed by atoms with Crippen molar-refractivity contribution in [2.75, 3.05) is 7.05 Å². The maximum atomic E-state index is 11.3. The van der Waals surface area contributed by atoms with Crippen LogP contribution in [0.2, 0.25) is 0 Å². The fraction of sp³-hybridized carbons (Fsp3) is 0.714. The Morgan fingerprint density at radius 2 is 2.26 bits per heavy atom. The van der Waals surface area contributed by atoms with Gasteiger partial charge in [0, 0.05) is 23.6 Å². The Morgan fingerprint density at radius 3 is 2.89 bits per heavy atom. The minimum absolute atomic E-state index is 0.0743. The van der Waals surface area contributed by atoms with Crippen molar-refractivity contribution < 1.29 is 0 Å². The van der Waals surface area contributed by atoms with E-state index in [1.54, 1.807) is 18.0 Å². The third-order valence-corrected chi connectivity index (χ3v) is 5.31. The number of H-pyrrole nitrogens is 1. The quantitative estimate of drug-likeness (QED) is 0.831. The summed E-state index contributed by atoms with van der Waals surface area (Å²) in [6, 6.07) is 1.96. The highest BCUT2D eigenvalue weighted by Crippen LogP contribution is 2.37. The van der Waals surface area contributed by atoms with Crippen molar-refractivity contribution in [1.82, 2.24) is 15.3 Å². The summed E-state index contributed by atoms with van der Waals surface area (Å²) in [7, 11) is 2.02. The summed E-state index contributed by atoms with van der Waals surface area (Å²) in [5, 5.41) is 4.63. The lowest BCUT2D eigenvalue weighted by molar-refractivity contribution is 0.251. The molecular formula is C14H23N3OS. The maximum Gasteiger partial charge on any atom is 0.251 e. The van der Waals surface area contributed by atoms with Gasteiger partial charge < -0.3 is 10.3 Å². The molecule has 0 aliphatic heterocycles. The summed E-state index contributed by atoms with van der Waals surface area (Å²) >= 11 is 1.70. The number of rotatable bonds is 4. The Balaban J connectivity index is 2.08. The first-order valence-corrected chi connectivity index (χ1v) is 7.87. The van der Waals surface area contributed by atoms with E-state index in [1.165, 1.54) is 25.3 Å². The fourth-order valence-corrected chi connectivity index (χ4v) is 4.13. The van der Waals surface area contributed by atoms with Crippen LogP contribution in [0.4, 0.5) is 0 Å². The second-order valence-electron chi connectivity index (χ2n) is 5.61. The predicted octanol–water partition coefficient (Wildman–Crippen LogP) is 2.27. The molecule has 3 atom stereocenters. The number of nitrogens with one attached hydrogen (secondary N) is 2. The molecule has 1 aromatic rings. The Morgan fingerprint density at radius 1 is 1.47 bits per heavy atom. The molecule has 5 heteroatoms. The third-order valence-electron chi connectivity index (χ3n) is 4.06. The fourth-order valence-electron chi connectivity index (χ4n) is 2.78. The minimum Gasteiger partial charge on any atom is -0.316 e. The van der Waals surface area contributed by atoms with Gasteiger partial charge >= 0.3 is 0 Å². The van der Waals surface area contributed by atoms with E-state index in [1.807, 2.05) is 7.05 Å². The van der Waals surface area contributed by atoms with Crippen LogP contribution < -0.4 is 10.9 Å². The van der Waals surface area contributed by atoms with E-state index in [-0.39, 0.29) is 5.56 Å². The lowest BCUT2D eigenvalue weighted by Crippen LogP contribution is -2.41. The van der Waals surface area contributed by atoms with Crippen molar-refractivity contribution >= 4 is 11.8 Å². The molecule has 0 amide bonds. The molecule has 0 spiro atoms. The lowest BCUT2D eigenvalue weighted by atomic mass is 9.79. The number of thioether (sulfide) groups is 1. The smallest absolute Gasteiger partial charge is 0.251 e. The highest BCUT2D eigenvalue weighted by atomic mass is 32.2. The highest BCUT2D eigenvalue weighted by Gasteiger charge is 2.32. The molecular weight excluding hydrogens is 258 g/mol. The van der Waals surface area contributed by atoms with Crippen molar-refractivity contribution in [3.05, 3.63) is 22.6 Å². The van der Waals surface area contributed by atoms with Gasteiger partial charge in [-0.05, 0) is 38.1 Å². The number of hydrogen-bond acceptors (Lipinski definition) is 4. The van der Waals surface area contributed by atoms with Gasteiger partial charge in [0.1, 0.15) is 0 Å². The van der Waals surface area contributed by atoms with Crippen LogP contribution in [0, 0.1) is 11.8 Å². The number of hydrogen-bond donors (Lipinski definition) is 2. The Kier molecular flexibility index (Phi) is 5.05. The molecule has 0 radical (unpaired) electrons. The Bertz CT molecular complexity index is 460. The molecule has 2 N–H and O–H groups in total. The largest absolute Gasteiger partial charge is 0.316 e. The molecule has 0 bridgehead atoms. The van der Waals surface area contributed by atoms with E-state index >= 15 is 0 Å². The van der Waals surface area contributed by atoms with Crippen molar-refractivity contribution in [2.45, 2.75) is 49.6 Å². The molecule has 0 aromatic carbocycles. The van der Waals surface area contributed by atoms with Gasteiger partial charge in [-0.3, -0.25) is 4.79 Å². The standard InChI is InChI=1S/C14H23N3OS/c1-9(2)10-4-5-11(15-3)12(8-10)19-14-16-7-6-13(18)17-14/h6-7,9-12,15H,4-5,8H2,1-3H3,(H,16,17,18). The van der Waals surface area contributed by atoms with Gasteiger partial charge in [-0.1, -0.05) is 25.6 Å².